The third-order valence-corrected chi connectivity index (χ3v) is 3.71. The normalized spacial score (nSPS) is 38.4. The topological polar surface area (TPSA) is 32.7 Å². The Hall–Kier alpha value is -0.120. The number of rotatable bonds is 3. The van der Waals surface area contributed by atoms with Crippen molar-refractivity contribution in [1.29, 1.82) is 0 Å². The Morgan fingerprint density at radius 1 is 1.27 bits per heavy atom. The lowest BCUT2D eigenvalue weighted by Crippen LogP contribution is -2.45. The van der Waals surface area contributed by atoms with Gasteiger partial charge in [0.15, 0.2) is 0 Å². The first-order chi connectivity index (χ1) is 7.31. The molecule has 3 atom stereocenters. The third kappa shape index (κ3) is 2.71. The van der Waals surface area contributed by atoms with Crippen molar-refractivity contribution in [3.05, 3.63) is 0 Å². The molecule has 1 saturated carbocycles. The number of aliphatic hydroxyl groups excluding tert-OH is 1. The highest BCUT2D eigenvalue weighted by Gasteiger charge is 2.34. The lowest BCUT2D eigenvalue weighted by atomic mass is 9.91. The summed E-state index contributed by atoms with van der Waals surface area (Å²) in [4.78, 5) is 2.43. The van der Waals surface area contributed by atoms with E-state index in [1.54, 1.807) is 0 Å². The molecule has 0 radical (unpaired) electrons. The summed E-state index contributed by atoms with van der Waals surface area (Å²) in [5.74, 6) is 0. The fourth-order valence-electron chi connectivity index (χ4n) is 2.97. The molecular formula is C12H23NO2. The molecule has 0 amide bonds. The van der Waals surface area contributed by atoms with Crippen LogP contribution in [0.15, 0.2) is 0 Å². The van der Waals surface area contributed by atoms with E-state index in [9.17, 15) is 5.11 Å². The fourth-order valence-corrected chi connectivity index (χ4v) is 2.97. The van der Waals surface area contributed by atoms with Gasteiger partial charge in [-0.3, -0.25) is 4.90 Å². The molecule has 1 N–H and O–H groups in total. The van der Waals surface area contributed by atoms with E-state index in [0.717, 1.165) is 26.1 Å². The molecule has 2 fully saturated rings. The minimum atomic E-state index is -0.103. The number of hydrogen-bond acceptors (Lipinski definition) is 3. The maximum Gasteiger partial charge on any atom is 0.0730 e. The van der Waals surface area contributed by atoms with Crippen molar-refractivity contribution in [2.75, 3.05) is 19.7 Å². The Bertz CT molecular complexity index is 191. The van der Waals surface area contributed by atoms with Gasteiger partial charge in [0.25, 0.3) is 0 Å². The maximum absolute atomic E-state index is 9.56. The van der Waals surface area contributed by atoms with E-state index in [-0.39, 0.29) is 6.10 Å². The van der Waals surface area contributed by atoms with Crippen LogP contribution >= 0.6 is 0 Å². The molecule has 3 nitrogen and oxygen atoms in total. The van der Waals surface area contributed by atoms with Gasteiger partial charge in [0.05, 0.1) is 12.2 Å². The predicted molar refractivity (Wildman–Crippen MR) is 59.9 cm³/mol. The predicted octanol–water partition coefficient (Wildman–Crippen LogP) is 1.40. The van der Waals surface area contributed by atoms with Gasteiger partial charge in [0.2, 0.25) is 0 Å². The number of nitrogens with zero attached hydrogens (tertiary/aromatic N) is 1. The molecule has 0 aromatic rings. The molecule has 0 spiro atoms. The first kappa shape index (κ1) is 11.4. The molecule has 1 heterocycles. The number of hydrogen-bond donors (Lipinski definition) is 1. The van der Waals surface area contributed by atoms with Crippen molar-refractivity contribution < 1.29 is 9.84 Å². The molecule has 0 unspecified atom stereocenters. The first-order valence-electron chi connectivity index (χ1n) is 6.35. The molecule has 15 heavy (non-hydrogen) atoms. The Labute approximate surface area is 92.4 Å². The summed E-state index contributed by atoms with van der Waals surface area (Å²) in [7, 11) is 0. The second-order valence-corrected chi connectivity index (χ2v) is 4.78. The molecule has 0 bridgehead atoms. The highest BCUT2D eigenvalue weighted by atomic mass is 16.5. The molecule has 1 aliphatic heterocycles. The van der Waals surface area contributed by atoms with E-state index in [1.807, 2.05) is 0 Å². The first-order valence-corrected chi connectivity index (χ1v) is 6.35. The molecule has 1 aliphatic carbocycles. The molecule has 88 valence electrons. The summed E-state index contributed by atoms with van der Waals surface area (Å²) in [5, 5.41) is 9.56. The Balaban J connectivity index is 1.92. The summed E-state index contributed by atoms with van der Waals surface area (Å²) < 4.78 is 5.82. The highest BCUT2D eigenvalue weighted by molar-refractivity contribution is 4.88. The molecule has 2 aliphatic rings. The number of β-amino-alcohol motifs (C(OH)–C–C–N with tert-alkyl or cyclic N) is 1. The van der Waals surface area contributed by atoms with Crippen molar-refractivity contribution in [3.8, 4) is 0 Å². The highest BCUT2D eigenvalue weighted by Crippen LogP contribution is 2.28. The van der Waals surface area contributed by atoms with Crippen LogP contribution in [0.25, 0.3) is 0 Å². The summed E-state index contributed by atoms with van der Waals surface area (Å²) >= 11 is 0. The van der Waals surface area contributed by atoms with Gasteiger partial charge >= 0.3 is 0 Å². The van der Waals surface area contributed by atoms with Crippen LogP contribution in [0.4, 0.5) is 0 Å². The lowest BCUT2D eigenvalue weighted by Gasteiger charge is -2.37. The monoisotopic (exact) mass is 213 g/mol. The van der Waals surface area contributed by atoms with Crippen LogP contribution in [-0.4, -0.2) is 48.0 Å². The fraction of sp³-hybridized carbons (Fsp3) is 1.00. The summed E-state index contributed by atoms with van der Waals surface area (Å²) in [6.45, 7) is 4.80. The van der Waals surface area contributed by atoms with Gasteiger partial charge in [-0.25, -0.2) is 0 Å². The molecule has 0 aromatic carbocycles. The van der Waals surface area contributed by atoms with Gasteiger partial charge < -0.3 is 9.84 Å². The van der Waals surface area contributed by atoms with Crippen LogP contribution in [-0.2, 0) is 4.74 Å². The minimum Gasteiger partial charge on any atom is -0.392 e. The zero-order valence-corrected chi connectivity index (χ0v) is 9.69. The summed E-state index contributed by atoms with van der Waals surface area (Å²) in [6.07, 6.45) is 6.32. The van der Waals surface area contributed by atoms with Gasteiger partial charge in [-0.2, -0.15) is 0 Å². The van der Waals surface area contributed by atoms with E-state index in [2.05, 4.69) is 11.8 Å². The average Bonchev–Trinajstić information content (AvgIpc) is 2.66. The van der Waals surface area contributed by atoms with E-state index in [4.69, 9.17) is 4.74 Å². The zero-order chi connectivity index (χ0) is 10.7. The molecule has 2 rings (SSSR count). The van der Waals surface area contributed by atoms with E-state index in [0.29, 0.717) is 12.1 Å². The van der Waals surface area contributed by atoms with E-state index >= 15 is 0 Å². The molecule has 3 heteroatoms. The molecule has 0 aromatic heterocycles. The molecule has 1 saturated heterocycles. The van der Waals surface area contributed by atoms with Crippen molar-refractivity contribution in [2.24, 2.45) is 0 Å². The van der Waals surface area contributed by atoms with Crippen LogP contribution in [0.1, 0.15) is 39.0 Å². The largest absolute Gasteiger partial charge is 0.392 e. The number of ether oxygens (including phenoxy) is 1. The Morgan fingerprint density at radius 3 is 2.73 bits per heavy atom. The van der Waals surface area contributed by atoms with Crippen LogP contribution < -0.4 is 0 Å². The molecular weight excluding hydrogens is 190 g/mol. The second-order valence-electron chi connectivity index (χ2n) is 4.78. The summed E-state index contributed by atoms with van der Waals surface area (Å²) in [6, 6.07) is 0.566. The number of aliphatic hydroxyl groups is 1. The number of likely N-dealkylation sites (tertiary alicyclic amines) is 1. The zero-order valence-electron chi connectivity index (χ0n) is 9.69. The van der Waals surface area contributed by atoms with Gasteiger partial charge in [-0.1, -0.05) is 12.8 Å². The summed E-state index contributed by atoms with van der Waals surface area (Å²) in [5.41, 5.74) is 0. The second kappa shape index (κ2) is 5.28. The van der Waals surface area contributed by atoms with Gasteiger partial charge in [0.1, 0.15) is 0 Å². The standard InChI is InChI=1S/C12H23NO2/c1-2-15-12-6-4-3-5-11(12)13-8-7-10(14)9-13/h10-12,14H,2-9H2,1H3/t10-,11-,12-/m1/s1. The lowest BCUT2D eigenvalue weighted by molar-refractivity contribution is -0.0276. The van der Waals surface area contributed by atoms with Crippen molar-refractivity contribution >= 4 is 0 Å². The van der Waals surface area contributed by atoms with Crippen LogP contribution in [0, 0.1) is 0 Å². The SMILES string of the molecule is CCO[C@@H]1CCCC[C@H]1N1CC[C@@H](O)C1. The van der Waals surface area contributed by atoms with Gasteiger partial charge in [-0.05, 0) is 26.2 Å². The van der Waals surface area contributed by atoms with Crippen molar-refractivity contribution in [1.82, 2.24) is 4.90 Å². The quantitative estimate of drug-likeness (QED) is 0.769. The van der Waals surface area contributed by atoms with Gasteiger partial charge in [-0.15, -0.1) is 0 Å². The third-order valence-electron chi connectivity index (χ3n) is 3.71. The van der Waals surface area contributed by atoms with Crippen LogP contribution in [0.2, 0.25) is 0 Å². The Kier molecular flexibility index (Phi) is 4.00. The average molecular weight is 213 g/mol. The smallest absolute Gasteiger partial charge is 0.0730 e. The van der Waals surface area contributed by atoms with Crippen LogP contribution in [0.5, 0.6) is 0 Å². The van der Waals surface area contributed by atoms with E-state index < -0.39 is 0 Å². The van der Waals surface area contributed by atoms with Crippen molar-refractivity contribution in [3.63, 3.8) is 0 Å². The minimum absolute atomic E-state index is 0.103. The van der Waals surface area contributed by atoms with Crippen molar-refractivity contribution in [2.45, 2.75) is 57.3 Å². The van der Waals surface area contributed by atoms with E-state index in [1.165, 1.54) is 25.7 Å². The van der Waals surface area contributed by atoms with Crippen LogP contribution in [0.3, 0.4) is 0 Å². The van der Waals surface area contributed by atoms with Gasteiger partial charge in [0, 0.05) is 25.7 Å². The Morgan fingerprint density at radius 2 is 2.07 bits per heavy atom. The maximum atomic E-state index is 9.56.